The van der Waals surface area contributed by atoms with Gasteiger partial charge in [0.2, 0.25) is 5.91 Å². The van der Waals surface area contributed by atoms with Crippen molar-refractivity contribution in [3.05, 3.63) is 21.9 Å². The monoisotopic (exact) mass is 321 g/mol. The highest BCUT2D eigenvalue weighted by Crippen LogP contribution is 2.34. The van der Waals surface area contributed by atoms with Crippen molar-refractivity contribution >= 4 is 33.7 Å². The third kappa shape index (κ3) is 3.90. The Morgan fingerprint density at radius 3 is 2.81 bits per heavy atom. The molecule has 112 valence electrons. The second-order valence-corrected chi connectivity index (χ2v) is 7.95. The van der Waals surface area contributed by atoms with Crippen LogP contribution in [0.15, 0.2) is 12.1 Å². The van der Waals surface area contributed by atoms with Crippen molar-refractivity contribution in [3.63, 3.8) is 0 Å². The molecular formula is C15H19N3OS2. The summed E-state index contributed by atoms with van der Waals surface area (Å²) in [5, 5.41) is 6.76. The Morgan fingerprint density at radius 2 is 2.14 bits per heavy atom. The Hall–Kier alpha value is -1.24. The van der Waals surface area contributed by atoms with E-state index in [2.05, 4.69) is 34.7 Å². The Labute approximate surface area is 132 Å². The zero-order valence-electron chi connectivity index (χ0n) is 12.2. The molecule has 2 aromatic heterocycles. The summed E-state index contributed by atoms with van der Waals surface area (Å²) in [6.45, 7) is 5.44. The molecule has 1 fully saturated rings. The van der Waals surface area contributed by atoms with Crippen molar-refractivity contribution in [2.24, 2.45) is 5.92 Å². The maximum Gasteiger partial charge on any atom is 0.240 e. The van der Waals surface area contributed by atoms with Gasteiger partial charge in [0.25, 0.3) is 0 Å². The van der Waals surface area contributed by atoms with Crippen LogP contribution in [-0.2, 0) is 4.79 Å². The Kier molecular flexibility index (Phi) is 4.37. The van der Waals surface area contributed by atoms with E-state index < -0.39 is 0 Å². The van der Waals surface area contributed by atoms with E-state index in [1.54, 1.807) is 11.3 Å². The number of aromatic nitrogens is 1. The van der Waals surface area contributed by atoms with Crippen LogP contribution in [-0.4, -0.2) is 24.0 Å². The number of carbonyl (C=O) groups excluding carboxylic acids is 1. The van der Waals surface area contributed by atoms with Gasteiger partial charge in [-0.2, -0.15) is 0 Å². The summed E-state index contributed by atoms with van der Waals surface area (Å²) in [7, 11) is 0. The fraction of sp³-hybridized carbons (Fsp3) is 0.467. The minimum atomic E-state index is -0.0155. The Balaban J connectivity index is 1.59. The molecule has 4 nitrogen and oxygen atoms in total. The van der Waals surface area contributed by atoms with Gasteiger partial charge in [0, 0.05) is 9.75 Å². The van der Waals surface area contributed by atoms with Crippen LogP contribution in [0.3, 0.4) is 0 Å². The van der Waals surface area contributed by atoms with E-state index >= 15 is 0 Å². The number of carbonyl (C=O) groups is 1. The van der Waals surface area contributed by atoms with Crippen LogP contribution in [0.2, 0.25) is 0 Å². The molecule has 1 amide bonds. The van der Waals surface area contributed by atoms with Crippen LogP contribution in [0, 0.1) is 19.8 Å². The Morgan fingerprint density at radius 1 is 1.33 bits per heavy atom. The second kappa shape index (κ2) is 6.25. The van der Waals surface area contributed by atoms with Crippen LogP contribution in [0.1, 0.15) is 22.6 Å². The van der Waals surface area contributed by atoms with E-state index in [0.717, 1.165) is 27.9 Å². The predicted molar refractivity (Wildman–Crippen MR) is 89.1 cm³/mol. The molecule has 0 spiro atoms. The second-order valence-electron chi connectivity index (χ2n) is 5.46. The number of amides is 1. The largest absolute Gasteiger partial charge is 0.308 e. The summed E-state index contributed by atoms with van der Waals surface area (Å²) in [5.41, 5.74) is 0.985. The molecule has 3 rings (SSSR count). The quantitative estimate of drug-likeness (QED) is 0.857. The van der Waals surface area contributed by atoms with Crippen molar-refractivity contribution in [3.8, 4) is 10.6 Å². The normalized spacial score (nSPS) is 14.4. The summed E-state index contributed by atoms with van der Waals surface area (Å²) in [6.07, 6.45) is 2.59. The van der Waals surface area contributed by atoms with Crippen LogP contribution >= 0.6 is 22.7 Å². The number of hydrogen-bond donors (Lipinski definition) is 2. The molecule has 2 heterocycles. The van der Waals surface area contributed by atoms with Gasteiger partial charge >= 0.3 is 0 Å². The van der Waals surface area contributed by atoms with Gasteiger partial charge in [-0.05, 0) is 51.3 Å². The molecule has 0 aliphatic heterocycles. The number of rotatable bonds is 6. The molecule has 2 N–H and O–H groups in total. The number of thiophene rings is 1. The summed E-state index contributed by atoms with van der Waals surface area (Å²) in [4.78, 5) is 20.0. The lowest BCUT2D eigenvalue weighted by Crippen LogP contribution is -2.29. The lowest BCUT2D eigenvalue weighted by atomic mass is 10.3. The van der Waals surface area contributed by atoms with Gasteiger partial charge in [0.15, 0.2) is 5.13 Å². The van der Waals surface area contributed by atoms with E-state index in [4.69, 9.17) is 0 Å². The van der Waals surface area contributed by atoms with Crippen LogP contribution in [0.5, 0.6) is 0 Å². The van der Waals surface area contributed by atoms with Crippen molar-refractivity contribution in [1.29, 1.82) is 0 Å². The van der Waals surface area contributed by atoms with Crippen LogP contribution < -0.4 is 10.6 Å². The molecule has 21 heavy (non-hydrogen) atoms. The summed E-state index contributed by atoms with van der Waals surface area (Å²) in [5.74, 6) is 0.770. The first kappa shape index (κ1) is 14.7. The first-order valence-corrected chi connectivity index (χ1v) is 8.80. The van der Waals surface area contributed by atoms with Gasteiger partial charge in [-0.1, -0.05) is 0 Å². The average molecular weight is 321 g/mol. The van der Waals surface area contributed by atoms with E-state index in [-0.39, 0.29) is 5.91 Å². The first-order chi connectivity index (χ1) is 10.1. The molecule has 0 aromatic carbocycles. The molecular weight excluding hydrogens is 302 g/mol. The van der Waals surface area contributed by atoms with Gasteiger partial charge in [-0.15, -0.1) is 22.7 Å². The van der Waals surface area contributed by atoms with E-state index in [9.17, 15) is 4.79 Å². The topological polar surface area (TPSA) is 54.0 Å². The molecule has 0 saturated heterocycles. The number of nitrogens with one attached hydrogen (secondary N) is 2. The molecule has 6 heteroatoms. The molecule has 0 unspecified atom stereocenters. The Bertz CT molecular complexity index is 643. The van der Waals surface area contributed by atoms with Crippen LogP contribution in [0.25, 0.3) is 10.6 Å². The zero-order valence-corrected chi connectivity index (χ0v) is 13.9. The third-order valence-electron chi connectivity index (χ3n) is 3.43. The standard InChI is InChI=1S/C15H19N3OS2/c1-9-3-6-12(20-9)14-10(2)21-15(18-14)17-13(19)8-16-7-11-4-5-11/h3,6,11,16H,4-5,7-8H2,1-2H3,(H,17,18,19). The van der Waals surface area contributed by atoms with Crippen molar-refractivity contribution in [2.45, 2.75) is 26.7 Å². The maximum atomic E-state index is 11.9. The third-order valence-corrected chi connectivity index (χ3v) is 5.33. The molecule has 0 bridgehead atoms. The highest BCUT2D eigenvalue weighted by atomic mass is 32.1. The van der Waals surface area contributed by atoms with Gasteiger partial charge < -0.3 is 10.6 Å². The number of aryl methyl sites for hydroxylation is 2. The summed E-state index contributed by atoms with van der Waals surface area (Å²) in [6, 6.07) is 4.18. The molecule has 1 saturated carbocycles. The average Bonchev–Trinajstić information content (AvgIpc) is 3.04. The molecule has 1 aliphatic rings. The first-order valence-electron chi connectivity index (χ1n) is 7.16. The van der Waals surface area contributed by atoms with E-state index in [0.29, 0.717) is 11.7 Å². The smallest absolute Gasteiger partial charge is 0.240 e. The summed E-state index contributed by atoms with van der Waals surface area (Å²) >= 11 is 3.27. The lowest BCUT2D eigenvalue weighted by Gasteiger charge is -2.03. The molecule has 0 radical (unpaired) electrons. The number of hydrogen-bond acceptors (Lipinski definition) is 5. The van der Waals surface area contributed by atoms with Gasteiger partial charge in [-0.25, -0.2) is 4.98 Å². The van der Waals surface area contributed by atoms with Crippen LogP contribution in [0.4, 0.5) is 5.13 Å². The molecule has 2 aromatic rings. The molecule has 0 atom stereocenters. The zero-order chi connectivity index (χ0) is 14.8. The van der Waals surface area contributed by atoms with Gasteiger partial charge in [-0.3, -0.25) is 4.79 Å². The van der Waals surface area contributed by atoms with E-state index in [1.165, 1.54) is 29.1 Å². The number of anilines is 1. The summed E-state index contributed by atoms with van der Waals surface area (Å²) < 4.78 is 0. The number of thiazole rings is 1. The van der Waals surface area contributed by atoms with Crippen molar-refractivity contribution in [1.82, 2.24) is 10.3 Å². The molecule has 1 aliphatic carbocycles. The van der Waals surface area contributed by atoms with Gasteiger partial charge in [0.05, 0.1) is 17.1 Å². The minimum absolute atomic E-state index is 0.0155. The SMILES string of the molecule is Cc1ccc(-c2nc(NC(=O)CNCC3CC3)sc2C)s1. The predicted octanol–water partition coefficient (Wildman–Crippen LogP) is 3.43. The lowest BCUT2D eigenvalue weighted by molar-refractivity contribution is -0.115. The van der Waals surface area contributed by atoms with Gasteiger partial charge in [0.1, 0.15) is 0 Å². The fourth-order valence-corrected chi connectivity index (χ4v) is 3.94. The maximum absolute atomic E-state index is 11.9. The highest BCUT2D eigenvalue weighted by Gasteiger charge is 2.20. The minimum Gasteiger partial charge on any atom is -0.308 e. The fourth-order valence-electron chi connectivity index (χ4n) is 2.12. The highest BCUT2D eigenvalue weighted by molar-refractivity contribution is 7.18. The van der Waals surface area contributed by atoms with Crippen molar-refractivity contribution in [2.75, 3.05) is 18.4 Å². The van der Waals surface area contributed by atoms with Crippen molar-refractivity contribution < 1.29 is 4.79 Å². The number of nitrogens with zero attached hydrogens (tertiary/aromatic N) is 1. The van der Waals surface area contributed by atoms with E-state index in [1.807, 2.05) is 6.92 Å².